The normalized spacial score (nSPS) is 11.0. The molecule has 6 heteroatoms. The summed E-state index contributed by atoms with van der Waals surface area (Å²) in [6.07, 6.45) is 0. The molecule has 3 aromatic carbocycles. The molecule has 0 saturated heterocycles. The summed E-state index contributed by atoms with van der Waals surface area (Å²) in [4.78, 5) is 13.7. The smallest absolute Gasteiger partial charge is 0.282 e. The van der Waals surface area contributed by atoms with Gasteiger partial charge in [-0.2, -0.15) is 0 Å². The fourth-order valence-electron chi connectivity index (χ4n) is 3.27. The van der Waals surface area contributed by atoms with Gasteiger partial charge in [0.05, 0.1) is 19.9 Å². The number of hydrazine groups is 1. The molecule has 0 heterocycles. The maximum atomic E-state index is 13.7. The first-order chi connectivity index (χ1) is 14.4. The molecule has 0 radical (unpaired) electrons. The van der Waals surface area contributed by atoms with E-state index in [1.54, 1.807) is 81.9 Å². The van der Waals surface area contributed by atoms with Gasteiger partial charge in [-0.25, -0.2) is 0 Å². The number of carbonyl (C=O) groups excluding carboxylic acids is 1. The fourth-order valence-corrected chi connectivity index (χ4v) is 3.27. The Morgan fingerprint density at radius 1 is 0.767 bits per heavy atom. The number of aliphatic hydroxyl groups is 1. The van der Waals surface area contributed by atoms with Crippen molar-refractivity contribution in [3.8, 4) is 11.5 Å². The third kappa shape index (κ3) is 3.95. The number of nitrogens with zero attached hydrogens (tertiary/aromatic N) is 2. The molecule has 156 valence electrons. The zero-order chi connectivity index (χ0) is 21.7. The zero-order valence-corrected chi connectivity index (χ0v) is 17.6. The lowest BCUT2D eigenvalue weighted by molar-refractivity contribution is -0.147. The van der Waals surface area contributed by atoms with Gasteiger partial charge in [0.1, 0.15) is 11.5 Å². The number of benzene rings is 3. The Kier molecular flexibility index (Phi) is 6.28. The van der Waals surface area contributed by atoms with Crippen LogP contribution in [0.25, 0.3) is 0 Å². The molecule has 0 saturated carbocycles. The molecule has 0 aliphatic rings. The van der Waals surface area contributed by atoms with E-state index in [0.717, 1.165) is 5.69 Å². The predicted molar refractivity (Wildman–Crippen MR) is 117 cm³/mol. The van der Waals surface area contributed by atoms with Crippen molar-refractivity contribution in [1.29, 1.82) is 0 Å². The number of hydrogen-bond acceptors (Lipinski definition) is 5. The molecule has 0 fully saturated rings. The van der Waals surface area contributed by atoms with E-state index in [-0.39, 0.29) is 0 Å². The second kappa shape index (κ2) is 8.88. The van der Waals surface area contributed by atoms with Crippen molar-refractivity contribution in [1.82, 2.24) is 5.01 Å². The van der Waals surface area contributed by atoms with Gasteiger partial charge in [-0.1, -0.05) is 42.5 Å². The Morgan fingerprint density at radius 3 is 1.60 bits per heavy atom. The lowest BCUT2D eigenvalue weighted by Crippen LogP contribution is -2.52. The van der Waals surface area contributed by atoms with E-state index in [0.29, 0.717) is 22.6 Å². The Hall–Kier alpha value is -3.51. The highest BCUT2D eigenvalue weighted by Gasteiger charge is 2.43. The van der Waals surface area contributed by atoms with E-state index in [1.165, 1.54) is 5.01 Å². The Morgan fingerprint density at radius 2 is 1.20 bits per heavy atom. The molecular weight excluding hydrogens is 380 g/mol. The van der Waals surface area contributed by atoms with Crippen LogP contribution in [0.5, 0.6) is 11.5 Å². The van der Waals surface area contributed by atoms with Crippen LogP contribution in [0, 0.1) is 0 Å². The molecule has 0 aromatic heterocycles. The summed E-state index contributed by atoms with van der Waals surface area (Å²) in [7, 11) is 6.54. The molecule has 1 N–H and O–H groups in total. The molecule has 3 aromatic rings. The zero-order valence-electron chi connectivity index (χ0n) is 17.6. The number of carbonyl (C=O) groups is 1. The van der Waals surface area contributed by atoms with Crippen molar-refractivity contribution in [2.24, 2.45) is 0 Å². The lowest BCUT2D eigenvalue weighted by Gasteiger charge is -2.37. The third-order valence-corrected chi connectivity index (χ3v) is 5.20. The van der Waals surface area contributed by atoms with E-state index in [2.05, 4.69) is 0 Å². The first-order valence-corrected chi connectivity index (χ1v) is 9.50. The molecule has 3 rings (SSSR count). The number of anilines is 1. The molecular formula is C24H26N2O4. The van der Waals surface area contributed by atoms with Crippen LogP contribution in [0.2, 0.25) is 0 Å². The summed E-state index contributed by atoms with van der Waals surface area (Å²) in [5, 5.41) is 14.9. The highest BCUT2D eigenvalue weighted by atomic mass is 16.5. The largest absolute Gasteiger partial charge is 0.497 e. The summed E-state index contributed by atoms with van der Waals surface area (Å²) in [6.45, 7) is 0. The van der Waals surface area contributed by atoms with E-state index in [1.807, 2.05) is 30.3 Å². The quantitative estimate of drug-likeness (QED) is 0.609. The van der Waals surface area contributed by atoms with Crippen LogP contribution in [0.3, 0.4) is 0 Å². The van der Waals surface area contributed by atoms with Gasteiger partial charge in [0.2, 0.25) is 0 Å². The van der Waals surface area contributed by atoms with Gasteiger partial charge in [-0.15, -0.1) is 0 Å². The van der Waals surface area contributed by atoms with Crippen LogP contribution >= 0.6 is 0 Å². The standard InChI is InChI=1S/C24H26N2O4/c1-25(20-8-6-5-7-9-20)26(2)23(27)24(28,18-10-14-21(29-3)15-11-18)19-12-16-22(30-4)17-13-19/h5-17,28H,1-4H3. The second-order valence-electron chi connectivity index (χ2n) is 6.86. The molecule has 0 bridgehead atoms. The molecule has 0 aliphatic carbocycles. The minimum absolute atomic E-state index is 0.437. The number of rotatable bonds is 7. The average molecular weight is 406 g/mol. The van der Waals surface area contributed by atoms with Gasteiger partial charge in [-0.3, -0.25) is 14.8 Å². The monoisotopic (exact) mass is 406 g/mol. The topological polar surface area (TPSA) is 62.2 Å². The maximum Gasteiger partial charge on any atom is 0.282 e. The summed E-state index contributed by atoms with van der Waals surface area (Å²) in [6, 6.07) is 23.1. The van der Waals surface area contributed by atoms with Gasteiger partial charge in [-0.05, 0) is 47.5 Å². The Balaban J connectivity index is 2.06. The third-order valence-electron chi connectivity index (χ3n) is 5.20. The van der Waals surface area contributed by atoms with Crippen LogP contribution in [0.4, 0.5) is 5.69 Å². The molecule has 30 heavy (non-hydrogen) atoms. The van der Waals surface area contributed by atoms with E-state index < -0.39 is 11.5 Å². The summed E-state index contributed by atoms with van der Waals surface area (Å²) < 4.78 is 10.4. The van der Waals surface area contributed by atoms with E-state index in [9.17, 15) is 9.90 Å². The SMILES string of the molecule is COc1ccc(C(O)(C(=O)N(C)N(C)c2ccccc2)c2ccc(OC)cc2)cc1. The number of methoxy groups -OCH3 is 2. The van der Waals surface area contributed by atoms with Gasteiger partial charge in [0.25, 0.3) is 5.91 Å². The number of para-hydroxylation sites is 1. The lowest BCUT2D eigenvalue weighted by atomic mass is 9.85. The van der Waals surface area contributed by atoms with Gasteiger partial charge in [0.15, 0.2) is 5.60 Å². The fraction of sp³-hybridized carbons (Fsp3) is 0.208. The van der Waals surface area contributed by atoms with Crippen molar-refractivity contribution < 1.29 is 19.4 Å². The molecule has 6 nitrogen and oxygen atoms in total. The highest BCUT2D eigenvalue weighted by Crippen LogP contribution is 2.34. The van der Waals surface area contributed by atoms with Crippen molar-refractivity contribution in [2.45, 2.75) is 5.60 Å². The minimum Gasteiger partial charge on any atom is -0.497 e. The van der Waals surface area contributed by atoms with Gasteiger partial charge < -0.3 is 14.6 Å². The summed E-state index contributed by atoms with van der Waals surface area (Å²) in [5.74, 6) is 0.778. The van der Waals surface area contributed by atoms with E-state index >= 15 is 0 Å². The van der Waals surface area contributed by atoms with E-state index in [4.69, 9.17) is 9.47 Å². The molecule has 0 spiro atoms. The molecule has 0 aliphatic heterocycles. The molecule has 0 unspecified atom stereocenters. The van der Waals surface area contributed by atoms with Crippen LogP contribution in [0.15, 0.2) is 78.9 Å². The van der Waals surface area contributed by atoms with Crippen LogP contribution in [0.1, 0.15) is 11.1 Å². The first kappa shape index (κ1) is 21.2. The molecule has 1 amide bonds. The van der Waals surface area contributed by atoms with Crippen LogP contribution in [-0.2, 0) is 10.4 Å². The number of amides is 1. The van der Waals surface area contributed by atoms with Crippen LogP contribution < -0.4 is 14.5 Å². The van der Waals surface area contributed by atoms with Crippen molar-refractivity contribution >= 4 is 11.6 Å². The Bertz CT molecular complexity index is 925. The number of hydrogen-bond donors (Lipinski definition) is 1. The van der Waals surface area contributed by atoms with Crippen molar-refractivity contribution in [2.75, 3.05) is 33.3 Å². The number of likely N-dealkylation sites (N-methyl/N-ethyl adjacent to an activating group) is 1. The predicted octanol–water partition coefficient (Wildman–Crippen LogP) is 3.45. The Labute approximate surface area is 176 Å². The van der Waals surface area contributed by atoms with Crippen LogP contribution in [-0.4, -0.2) is 44.3 Å². The molecule has 0 atom stereocenters. The second-order valence-corrected chi connectivity index (χ2v) is 6.86. The van der Waals surface area contributed by atoms with Gasteiger partial charge >= 0.3 is 0 Å². The summed E-state index contributed by atoms with van der Waals surface area (Å²) >= 11 is 0. The first-order valence-electron chi connectivity index (χ1n) is 9.50. The van der Waals surface area contributed by atoms with Gasteiger partial charge in [0, 0.05) is 14.1 Å². The van der Waals surface area contributed by atoms with Crippen molar-refractivity contribution in [3.05, 3.63) is 90.0 Å². The summed E-state index contributed by atoms with van der Waals surface area (Å²) in [5.41, 5.74) is -0.213. The highest BCUT2D eigenvalue weighted by molar-refractivity contribution is 5.91. The average Bonchev–Trinajstić information content (AvgIpc) is 2.82. The van der Waals surface area contributed by atoms with Crippen molar-refractivity contribution in [3.63, 3.8) is 0 Å². The minimum atomic E-state index is -1.91. The maximum absolute atomic E-state index is 13.7. The number of ether oxygens (including phenoxy) is 2.